The quantitative estimate of drug-likeness (QED) is 0.731. The molecular weight excluding hydrogens is 180 g/mol. The Morgan fingerprint density at radius 2 is 2.31 bits per heavy atom. The van der Waals surface area contributed by atoms with Crippen molar-refractivity contribution >= 4 is 11.3 Å². The molecule has 0 aliphatic carbocycles. The zero-order valence-electron chi connectivity index (χ0n) is 8.21. The Kier molecular flexibility index (Phi) is 3.70. The van der Waals surface area contributed by atoms with Crippen molar-refractivity contribution in [2.24, 2.45) is 0 Å². The van der Waals surface area contributed by atoms with Crippen LogP contribution in [0, 0.1) is 6.92 Å². The third kappa shape index (κ3) is 2.68. The van der Waals surface area contributed by atoms with Crippen LogP contribution in [0.25, 0.3) is 0 Å². The number of thiophene rings is 1. The van der Waals surface area contributed by atoms with E-state index in [1.165, 1.54) is 5.56 Å². The van der Waals surface area contributed by atoms with Crippen LogP contribution < -0.4 is 0 Å². The van der Waals surface area contributed by atoms with Crippen molar-refractivity contribution in [3.63, 3.8) is 0 Å². The molecule has 0 spiro atoms. The Morgan fingerprint density at radius 3 is 2.77 bits per heavy atom. The highest BCUT2D eigenvalue weighted by atomic mass is 32.1. The first-order valence-electron chi connectivity index (χ1n) is 4.52. The SMILES string of the molecule is C=C(CC)CC(O)c1cscc1C. The van der Waals surface area contributed by atoms with Crippen LogP contribution in [0.3, 0.4) is 0 Å². The fourth-order valence-electron chi connectivity index (χ4n) is 1.24. The van der Waals surface area contributed by atoms with Crippen molar-refractivity contribution < 1.29 is 5.11 Å². The van der Waals surface area contributed by atoms with E-state index in [-0.39, 0.29) is 6.10 Å². The second-order valence-corrected chi connectivity index (χ2v) is 4.08. The fraction of sp³-hybridized carbons (Fsp3) is 0.455. The molecule has 0 bridgehead atoms. The first-order chi connectivity index (χ1) is 6.15. The summed E-state index contributed by atoms with van der Waals surface area (Å²) in [6.45, 7) is 7.99. The predicted molar refractivity (Wildman–Crippen MR) is 58.1 cm³/mol. The van der Waals surface area contributed by atoms with Crippen molar-refractivity contribution in [3.8, 4) is 0 Å². The summed E-state index contributed by atoms with van der Waals surface area (Å²) in [6.07, 6.45) is 1.27. The normalized spacial score (nSPS) is 12.8. The maximum Gasteiger partial charge on any atom is 0.0837 e. The molecule has 1 nitrogen and oxygen atoms in total. The second-order valence-electron chi connectivity index (χ2n) is 3.33. The molecule has 0 aromatic carbocycles. The maximum absolute atomic E-state index is 9.84. The first-order valence-corrected chi connectivity index (χ1v) is 5.46. The molecule has 0 aliphatic heterocycles. The lowest BCUT2D eigenvalue weighted by molar-refractivity contribution is 0.177. The van der Waals surface area contributed by atoms with Crippen LogP contribution in [0.15, 0.2) is 22.9 Å². The molecule has 0 fully saturated rings. The predicted octanol–water partition coefficient (Wildman–Crippen LogP) is 3.45. The summed E-state index contributed by atoms with van der Waals surface area (Å²) in [4.78, 5) is 0. The first kappa shape index (κ1) is 10.5. The lowest BCUT2D eigenvalue weighted by Gasteiger charge is -2.11. The highest BCUT2D eigenvalue weighted by Gasteiger charge is 2.11. The molecule has 13 heavy (non-hydrogen) atoms. The molecule has 1 atom stereocenters. The van der Waals surface area contributed by atoms with Gasteiger partial charge in [0.1, 0.15) is 0 Å². The Balaban J connectivity index is 2.63. The van der Waals surface area contributed by atoms with Crippen LogP contribution in [0.5, 0.6) is 0 Å². The van der Waals surface area contributed by atoms with Gasteiger partial charge in [0, 0.05) is 0 Å². The zero-order valence-corrected chi connectivity index (χ0v) is 9.03. The average Bonchev–Trinajstić information content (AvgIpc) is 2.51. The number of rotatable bonds is 4. The standard InChI is InChI=1S/C11H16OS/c1-4-8(2)5-11(12)10-7-13-6-9(10)3/h6-7,11-12H,2,4-5H2,1,3H3. The Morgan fingerprint density at radius 1 is 1.62 bits per heavy atom. The Hall–Kier alpha value is -0.600. The van der Waals surface area contributed by atoms with E-state index < -0.39 is 0 Å². The van der Waals surface area contributed by atoms with Crippen molar-refractivity contribution in [2.45, 2.75) is 32.8 Å². The molecule has 72 valence electrons. The molecular formula is C11H16OS. The minimum absolute atomic E-state index is 0.362. The van der Waals surface area contributed by atoms with Crippen molar-refractivity contribution in [1.82, 2.24) is 0 Å². The van der Waals surface area contributed by atoms with Crippen molar-refractivity contribution in [2.75, 3.05) is 0 Å². The highest BCUT2D eigenvalue weighted by molar-refractivity contribution is 7.08. The molecule has 1 aromatic rings. The molecule has 1 rings (SSSR count). The molecule has 0 radical (unpaired) electrons. The number of aliphatic hydroxyl groups is 1. The van der Waals surface area contributed by atoms with E-state index >= 15 is 0 Å². The van der Waals surface area contributed by atoms with E-state index in [4.69, 9.17) is 0 Å². The van der Waals surface area contributed by atoms with E-state index in [1.54, 1.807) is 11.3 Å². The van der Waals surface area contributed by atoms with Gasteiger partial charge in [-0.1, -0.05) is 19.1 Å². The molecule has 1 unspecified atom stereocenters. The third-order valence-corrected chi connectivity index (χ3v) is 3.12. The van der Waals surface area contributed by atoms with Crippen LogP contribution >= 0.6 is 11.3 Å². The highest BCUT2D eigenvalue weighted by Crippen LogP contribution is 2.26. The molecule has 1 aromatic heterocycles. The number of aliphatic hydroxyl groups excluding tert-OH is 1. The lowest BCUT2D eigenvalue weighted by atomic mass is 10.0. The van der Waals surface area contributed by atoms with Gasteiger partial charge in [-0.15, -0.1) is 0 Å². The largest absolute Gasteiger partial charge is 0.388 e. The molecule has 1 heterocycles. The minimum Gasteiger partial charge on any atom is -0.388 e. The molecule has 2 heteroatoms. The van der Waals surface area contributed by atoms with E-state index in [9.17, 15) is 5.11 Å². The van der Waals surface area contributed by atoms with E-state index in [0.717, 1.165) is 17.6 Å². The van der Waals surface area contributed by atoms with Crippen molar-refractivity contribution in [1.29, 1.82) is 0 Å². The lowest BCUT2D eigenvalue weighted by Crippen LogP contribution is -1.98. The number of aryl methyl sites for hydroxylation is 1. The zero-order chi connectivity index (χ0) is 9.84. The average molecular weight is 196 g/mol. The molecule has 0 aliphatic rings. The van der Waals surface area contributed by atoms with Gasteiger partial charge in [0.2, 0.25) is 0 Å². The molecule has 0 amide bonds. The van der Waals surface area contributed by atoms with Gasteiger partial charge in [-0.25, -0.2) is 0 Å². The van der Waals surface area contributed by atoms with Crippen LogP contribution in [0.1, 0.15) is 37.0 Å². The minimum atomic E-state index is -0.362. The van der Waals surface area contributed by atoms with Crippen LogP contribution in [0.2, 0.25) is 0 Å². The summed E-state index contributed by atoms with van der Waals surface area (Å²) < 4.78 is 0. The van der Waals surface area contributed by atoms with Gasteiger partial charge in [-0.05, 0) is 41.7 Å². The van der Waals surface area contributed by atoms with Gasteiger partial charge in [-0.2, -0.15) is 11.3 Å². The monoisotopic (exact) mass is 196 g/mol. The van der Waals surface area contributed by atoms with E-state index in [2.05, 4.69) is 18.9 Å². The molecule has 0 saturated heterocycles. The number of hydrogen-bond acceptors (Lipinski definition) is 2. The summed E-state index contributed by atoms with van der Waals surface area (Å²) >= 11 is 1.64. The summed E-state index contributed by atoms with van der Waals surface area (Å²) in [7, 11) is 0. The Labute approximate surface area is 83.7 Å². The second kappa shape index (κ2) is 4.58. The van der Waals surface area contributed by atoms with Crippen molar-refractivity contribution in [3.05, 3.63) is 34.0 Å². The van der Waals surface area contributed by atoms with Crippen LogP contribution in [0.4, 0.5) is 0 Å². The van der Waals surface area contributed by atoms with Gasteiger partial charge >= 0.3 is 0 Å². The van der Waals surface area contributed by atoms with E-state index in [1.807, 2.05) is 12.3 Å². The summed E-state index contributed by atoms with van der Waals surface area (Å²) in [5.74, 6) is 0. The van der Waals surface area contributed by atoms with E-state index in [0.29, 0.717) is 6.42 Å². The summed E-state index contributed by atoms with van der Waals surface area (Å²) in [6, 6.07) is 0. The topological polar surface area (TPSA) is 20.2 Å². The summed E-state index contributed by atoms with van der Waals surface area (Å²) in [5, 5.41) is 13.9. The fourth-order valence-corrected chi connectivity index (χ4v) is 2.14. The van der Waals surface area contributed by atoms with Gasteiger partial charge in [0.05, 0.1) is 6.10 Å². The van der Waals surface area contributed by atoms with Gasteiger partial charge in [0.15, 0.2) is 0 Å². The van der Waals surface area contributed by atoms with Crippen LogP contribution in [-0.2, 0) is 0 Å². The van der Waals surface area contributed by atoms with Gasteiger partial charge < -0.3 is 5.11 Å². The van der Waals surface area contributed by atoms with Gasteiger partial charge in [0.25, 0.3) is 0 Å². The summed E-state index contributed by atoms with van der Waals surface area (Å²) in [5.41, 5.74) is 3.35. The maximum atomic E-state index is 9.84. The van der Waals surface area contributed by atoms with Gasteiger partial charge in [-0.3, -0.25) is 0 Å². The van der Waals surface area contributed by atoms with Crippen LogP contribution in [-0.4, -0.2) is 5.11 Å². The number of hydrogen-bond donors (Lipinski definition) is 1. The Bertz CT molecular complexity index is 288. The molecule has 0 saturated carbocycles. The smallest absolute Gasteiger partial charge is 0.0837 e. The third-order valence-electron chi connectivity index (χ3n) is 2.24. The molecule has 1 N–H and O–H groups in total.